The van der Waals surface area contributed by atoms with Crippen LogP contribution in [0.2, 0.25) is 0 Å². The third-order valence-corrected chi connectivity index (χ3v) is 3.95. The summed E-state index contributed by atoms with van der Waals surface area (Å²) in [7, 11) is 0. The van der Waals surface area contributed by atoms with E-state index in [0.29, 0.717) is 10.7 Å². The van der Waals surface area contributed by atoms with Gasteiger partial charge in [0.25, 0.3) is 0 Å². The maximum atomic E-state index is 12.0. The Labute approximate surface area is 134 Å². The molecule has 0 bridgehead atoms. The van der Waals surface area contributed by atoms with Gasteiger partial charge in [0, 0.05) is 10.6 Å². The normalized spacial score (nSPS) is 10.1. The molecular formula is C17H16N2O2S. The van der Waals surface area contributed by atoms with Crippen LogP contribution in [0.3, 0.4) is 0 Å². The van der Waals surface area contributed by atoms with Crippen molar-refractivity contribution in [2.75, 3.05) is 6.61 Å². The van der Waals surface area contributed by atoms with Crippen LogP contribution in [0.1, 0.15) is 34.1 Å². The van der Waals surface area contributed by atoms with E-state index in [0.717, 1.165) is 10.5 Å². The first kappa shape index (κ1) is 16.1. The molecular weight excluding hydrogens is 296 g/mol. The third kappa shape index (κ3) is 3.66. The molecule has 0 atom stereocenters. The smallest absolute Gasteiger partial charge is 0.339 e. The number of rotatable bonds is 4. The number of hydrogen-bond acceptors (Lipinski definition) is 5. The third-order valence-electron chi connectivity index (χ3n) is 2.96. The molecule has 0 saturated heterocycles. The lowest BCUT2D eigenvalue weighted by atomic mass is 10.1. The van der Waals surface area contributed by atoms with Crippen molar-refractivity contribution < 1.29 is 9.53 Å². The Morgan fingerprint density at radius 3 is 2.59 bits per heavy atom. The highest BCUT2D eigenvalue weighted by molar-refractivity contribution is 7.99. The van der Waals surface area contributed by atoms with Gasteiger partial charge in [0.05, 0.1) is 17.7 Å². The van der Waals surface area contributed by atoms with Gasteiger partial charge in [-0.05, 0) is 39.0 Å². The van der Waals surface area contributed by atoms with Crippen molar-refractivity contribution in [3.8, 4) is 6.07 Å². The van der Waals surface area contributed by atoms with E-state index in [2.05, 4.69) is 11.1 Å². The lowest BCUT2D eigenvalue weighted by Crippen LogP contribution is -2.09. The minimum absolute atomic E-state index is 0.259. The maximum absolute atomic E-state index is 12.0. The van der Waals surface area contributed by atoms with E-state index < -0.39 is 5.97 Å². The first-order chi connectivity index (χ1) is 10.5. The molecule has 22 heavy (non-hydrogen) atoms. The van der Waals surface area contributed by atoms with E-state index in [1.54, 1.807) is 19.9 Å². The zero-order valence-corrected chi connectivity index (χ0v) is 13.5. The van der Waals surface area contributed by atoms with Crippen molar-refractivity contribution in [2.24, 2.45) is 0 Å². The summed E-state index contributed by atoms with van der Waals surface area (Å²) in [5, 5.41) is 9.94. The Morgan fingerprint density at radius 2 is 2.00 bits per heavy atom. The summed E-state index contributed by atoms with van der Waals surface area (Å²) >= 11 is 1.37. The summed E-state index contributed by atoms with van der Waals surface area (Å²) in [6.45, 7) is 5.81. The lowest BCUT2D eigenvalue weighted by molar-refractivity contribution is 0.0525. The van der Waals surface area contributed by atoms with E-state index in [1.165, 1.54) is 11.8 Å². The van der Waals surface area contributed by atoms with Crippen LogP contribution >= 0.6 is 11.8 Å². The van der Waals surface area contributed by atoms with Gasteiger partial charge in [0.2, 0.25) is 0 Å². The van der Waals surface area contributed by atoms with Crippen molar-refractivity contribution in [1.29, 1.82) is 5.26 Å². The fraction of sp³-hybridized carbons (Fsp3) is 0.235. The molecule has 1 aromatic carbocycles. The number of esters is 1. The Kier molecular flexibility index (Phi) is 5.18. The summed E-state index contributed by atoms with van der Waals surface area (Å²) in [5.41, 5.74) is 2.37. The van der Waals surface area contributed by atoms with Gasteiger partial charge in [-0.2, -0.15) is 5.26 Å². The fourth-order valence-corrected chi connectivity index (χ4v) is 2.86. The summed E-state index contributed by atoms with van der Waals surface area (Å²) in [6, 6.07) is 11.6. The Bertz CT molecular complexity index is 734. The SMILES string of the molecule is CCOC(=O)c1cc(C)nc(Sc2ccc(C)cc2)c1C#N. The van der Waals surface area contributed by atoms with Crippen molar-refractivity contribution >= 4 is 17.7 Å². The molecule has 5 heteroatoms. The van der Waals surface area contributed by atoms with Crippen LogP contribution in [0.15, 0.2) is 40.3 Å². The molecule has 0 N–H and O–H groups in total. The second kappa shape index (κ2) is 7.10. The van der Waals surface area contributed by atoms with E-state index in [9.17, 15) is 10.1 Å². The molecule has 0 spiro atoms. The first-order valence-electron chi connectivity index (χ1n) is 6.88. The highest BCUT2D eigenvalue weighted by Crippen LogP contribution is 2.31. The molecule has 0 aliphatic carbocycles. The zero-order chi connectivity index (χ0) is 16.1. The lowest BCUT2D eigenvalue weighted by Gasteiger charge is -2.09. The van der Waals surface area contributed by atoms with Gasteiger partial charge in [-0.25, -0.2) is 9.78 Å². The second-order valence-electron chi connectivity index (χ2n) is 4.74. The average Bonchev–Trinajstić information content (AvgIpc) is 2.49. The summed E-state index contributed by atoms with van der Waals surface area (Å²) < 4.78 is 5.02. The number of carbonyl (C=O) groups excluding carboxylic acids is 1. The number of nitrogens with zero attached hydrogens (tertiary/aromatic N) is 2. The van der Waals surface area contributed by atoms with Crippen LogP contribution in [-0.4, -0.2) is 17.6 Å². The number of aromatic nitrogens is 1. The number of carbonyl (C=O) groups is 1. The summed E-state index contributed by atoms with van der Waals surface area (Å²) in [5.74, 6) is -0.490. The van der Waals surface area contributed by atoms with Gasteiger partial charge in [-0.15, -0.1) is 0 Å². The minimum Gasteiger partial charge on any atom is -0.462 e. The quantitative estimate of drug-likeness (QED) is 0.801. The highest BCUT2D eigenvalue weighted by Gasteiger charge is 2.19. The predicted octanol–water partition coefficient (Wildman–Crippen LogP) is 3.90. The van der Waals surface area contributed by atoms with Gasteiger partial charge in [-0.3, -0.25) is 0 Å². The number of aryl methyl sites for hydroxylation is 2. The van der Waals surface area contributed by atoms with Crippen molar-refractivity contribution in [2.45, 2.75) is 30.7 Å². The minimum atomic E-state index is -0.490. The average molecular weight is 312 g/mol. The van der Waals surface area contributed by atoms with Crippen molar-refractivity contribution in [3.05, 3.63) is 52.7 Å². The summed E-state index contributed by atoms with van der Waals surface area (Å²) in [4.78, 5) is 17.4. The maximum Gasteiger partial charge on any atom is 0.339 e. The summed E-state index contributed by atoms with van der Waals surface area (Å²) in [6.07, 6.45) is 0. The number of pyridine rings is 1. The topological polar surface area (TPSA) is 63.0 Å². The Balaban J connectivity index is 2.44. The van der Waals surface area contributed by atoms with Crippen LogP contribution in [0.4, 0.5) is 0 Å². The standard InChI is InChI=1S/C17H16N2O2S/c1-4-21-17(20)14-9-12(3)19-16(15(14)10-18)22-13-7-5-11(2)6-8-13/h5-9H,4H2,1-3H3. The fourth-order valence-electron chi connectivity index (χ4n) is 1.91. The molecule has 0 unspecified atom stereocenters. The molecule has 0 aliphatic heterocycles. The molecule has 1 heterocycles. The molecule has 0 saturated carbocycles. The van der Waals surface area contributed by atoms with E-state index >= 15 is 0 Å². The first-order valence-corrected chi connectivity index (χ1v) is 7.70. The Hall–Kier alpha value is -2.32. The number of hydrogen-bond donors (Lipinski definition) is 0. The molecule has 2 rings (SSSR count). The highest BCUT2D eigenvalue weighted by atomic mass is 32.2. The van der Waals surface area contributed by atoms with Crippen LogP contribution in [0, 0.1) is 25.2 Å². The van der Waals surface area contributed by atoms with Crippen LogP contribution < -0.4 is 0 Å². The zero-order valence-electron chi connectivity index (χ0n) is 12.7. The largest absolute Gasteiger partial charge is 0.462 e. The van der Waals surface area contributed by atoms with Gasteiger partial charge in [-0.1, -0.05) is 29.5 Å². The molecule has 2 aromatic rings. The predicted molar refractivity (Wildman–Crippen MR) is 84.9 cm³/mol. The van der Waals surface area contributed by atoms with Gasteiger partial charge in [0.15, 0.2) is 0 Å². The van der Waals surface area contributed by atoms with Crippen LogP contribution in [-0.2, 0) is 4.74 Å². The molecule has 0 amide bonds. The molecule has 0 aliphatic rings. The molecule has 0 radical (unpaired) electrons. The van der Waals surface area contributed by atoms with Crippen molar-refractivity contribution in [1.82, 2.24) is 4.98 Å². The molecule has 112 valence electrons. The van der Waals surface area contributed by atoms with Crippen LogP contribution in [0.25, 0.3) is 0 Å². The van der Waals surface area contributed by atoms with Gasteiger partial charge >= 0.3 is 5.97 Å². The number of ether oxygens (including phenoxy) is 1. The molecule has 4 nitrogen and oxygen atoms in total. The Morgan fingerprint density at radius 1 is 1.32 bits per heavy atom. The molecule has 1 aromatic heterocycles. The molecule has 0 fully saturated rings. The van der Waals surface area contributed by atoms with Crippen LogP contribution in [0.5, 0.6) is 0 Å². The van der Waals surface area contributed by atoms with E-state index in [-0.39, 0.29) is 17.7 Å². The van der Waals surface area contributed by atoms with E-state index in [1.807, 2.05) is 31.2 Å². The number of nitriles is 1. The van der Waals surface area contributed by atoms with Gasteiger partial charge in [0.1, 0.15) is 11.1 Å². The van der Waals surface area contributed by atoms with Crippen molar-refractivity contribution in [3.63, 3.8) is 0 Å². The van der Waals surface area contributed by atoms with E-state index in [4.69, 9.17) is 4.74 Å². The monoisotopic (exact) mass is 312 g/mol. The second-order valence-corrected chi connectivity index (χ2v) is 5.80. The van der Waals surface area contributed by atoms with Gasteiger partial charge < -0.3 is 4.74 Å². The number of benzene rings is 1.